The lowest BCUT2D eigenvalue weighted by molar-refractivity contribution is 0.106. The predicted octanol–water partition coefficient (Wildman–Crippen LogP) is 3.37. The summed E-state index contributed by atoms with van der Waals surface area (Å²) in [5, 5.41) is 23.4. The zero-order chi connectivity index (χ0) is 24.2. The van der Waals surface area contributed by atoms with E-state index in [0.29, 0.717) is 25.2 Å². The molecule has 2 aromatic carbocycles. The lowest BCUT2D eigenvalue weighted by Crippen LogP contribution is -2.37. The van der Waals surface area contributed by atoms with Crippen LogP contribution in [0.5, 0.6) is 0 Å². The molecule has 8 nitrogen and oxygen atoms in total. The van der Waals surface area contributed by atoms with E-state index < -0.39 is 0 Å². The lowest BCUT2D eigenvalue weighted by Gasteiger charge is -2.33. The standard InChI is InChI=1S/C26H32N6O2/c1-17(2)24(25-28-29-30-32(25)15-20-8-6-5-7-9-20)31(10-11-33)16-22-14-21-12-18(3)19(4)13-23(21)27-26(22)34/h5-9,12-14,17,24,33H,10-11,15-16H2,1-4H3,(H,27,34). The maximum Gasteiger partial charge on any atom is 0.252 e. The van der Waals surface area contributed by atoms with Crippen LogP contribution in [-0.4, -0.2) is 48.3 Å². The molecule has 0 aliphatic heterocycles. The summed E-state index contributed by atoms with van der Waals surface area (Å²) in [6.45, 7) is 9.60. The molecule has 4 aromatic rings. The van der Waals surface area contributed by atoms with Crippen molar-refractivity contribution < 1.29 is 5.11 Å². The van der Waals surface area contributed by atoms with Crippen molar-refractivity contribution in [2.75, 3.05) is 13.2 Å². The maximum atomic E-state index is 13.0. The number of nitrogens with one attached hydrogen (secondary N) is 1. The third kappa shape index (κ3) is 5.08. The summed E-state index contributed by atoms with van der Waals surface area (Å²) in [7, 11) is 0. The van der Waals surface area contributed by atoms with Crippen molar-refractivity contribution in [2.45, 2.75) is 46.8 Å². The molecular weight excluding hydrogens is 428 g/mol. The van der Waals surface area contributed by atoms with Crippen LogP contribution in [0.2, 0.25) is 0 Å². The van der Waals surface area contributed by atoms with Gasteiger partial charge in [0.1, 0.15) is 0 Å². The van der Waals surface area contributed by atoms with E-state index >= 15 is 0 Å². The second-order valence-electron chi connectivity index (χ2n) is 9.21. The first-order valence-electron chi connectivity index (χ1n) is 11.7. The molecule has 0 spiro atoms. The summed E-state index contributed by atoms with van der Waals surface area (Å²) in [6.07, 6.45) is 0. The minimum absolute atomic E-state index is 0.0345. The van der Waals surface area contributed by atoms with Gasteiger partial charge in [-0.2, -0.15) is 0 Å². The Morgan fingerprint density at radius 1 is 1.09 bits per heavy atom. The van der Waals surface area contributed by atoms with Gasteiger partial charge in [-0.3, -0.25) is 9.69 Å². The van der Waals surface area contributed by atoms with Crippen LogP contribution in [0.4, 0.5) is 0 Å². The van der Waals surface area contributed by atoms with Gasteiger partial charge in [0.2, 0.25) is 0 Å². The number of aliphatic hydroxyl groups is 1. The van der Waals surface area contributed by atoms with Crippen LogP contribution in [0.25, 0.3) is 10.9 Å². The summed E-state index contributed by atoms with van der Waals surface area (Å²) < 4.78 is 1.81. The van der Waals surface area contributed by atoms with Gasteiger partial charge < -0.3 is 10.1 Å². The highest BCUT2D eigenvalue weighted by Gasteiger charge is 2.29. The Balaban J connectivity index is 1.69. The smallest absolute Gasteiger partial charge is 0.252 e. The summed E-state index contributed by atoms with van der Waals surface area (Å²) in [4.78, 5) is 18.1. The average molecular weight is 461 g/mol. The Morgan fingerprint density at radius 3 is 2.53 bits per heavy atom. The van der Waals surface area contributed by atoms with E-state index in [1.165, 1.54) is 5.56 Å². The molecule has 0 saturated heterocycles. The topological polar surface area (TPSA) is 99.9 Å². The first kappa shape index (κ1) is 23.8. The van der Waals surface area contributed by atoms with Crippen molar-refractivity contribution in [2.24, 2.45) is 5.92 Å². The van der Waals surface area contributed by atoms with E-state index in [9.17, 15) is 9.90 Å². The molecule has 178 valence electrons. The zero-order valence-corrected chi connectivity index (χ0v) is 20.2. The van der Waals surface area contributed by atoms with Crippen molar-refractivity contribution in [1.29, 1.82) is 0 Å². The van der Waals surface area contributed by atoms with Gasteiger partial charge >= 0.3 is 0 Å². The third-order valence-corrected chi connectivity index (χ3v) is 6.32. The Kier molecular flexibility index (Phi) is 7.19. The highest BCUT2D eigenvalue weighted by atomic mass is 16.3. The highest BCUT2D eigenvalue weighted by molar-refractivity contribution is 5.80. The number of aliphatic hydroxyl groups excluding tert-OH is 1. The predicted molar refractivity (Wildman–Crippen MR) is 132 cm³/mol. The van der Waals surface area contributed by atoms with E-state index in [1.54, 1.807) is 4.68 Å². The summed E-state index contributed by atoms with van der Waals surface area (Å²) >= 11 is 0. The Morgan fingerprint density at radius 2 is 1.82 bits per heavy atom. The Labute approximate surface area is 199 Å². The number of rotatable bonds is 9. The van der Waals surface area contributed by atoms with Gasteiger partial charge in [0.05, 0.1) is 19.2 Å². The second kappa shape index (κ2) is 10.3. The first-order valence-corrected chi connectivity index (χ1v) is 11.7. The van der Waals surface area contributed by atoms with Gasteiger partial charge in [0.15, 0.2) is 5.82 Å². The van der Waals surface area contributed by atoms with Crippen LogP contribution in [0, 0.1) is 19.8 Å². The Bertz CT molecular complexity index is 1310. The van der Waals surface area contributed by atoms with Crippen LogP contribution in [0.1, 0.15) is 48.0 Å². The molecule has 0 aliphatic rings. The lowest BCUT2D eigenvalue weighted by atomic mass is 10.00. The molecule has 0 radical (unpaired) electrons. The molecular formula is C26H32N6O2. The van der Waals surface area contributed by atoms with E-state index in [4.69, 9.17) is 0 Å². The first-order chi connectivity index (χ1) is 16.4. The monoisotopic (exact) mass is 460 g/mol. The number of H-pyrrole nitrogens is 1. The molecule has 0 saturated carbocycles. The van der Waals surface area contributed by atoms with Crippen molar-refractivity contribution >= 4 is 10.9 Å². The van der Waals surface area contributed by atoms with Crippen molar-refractivity contribution in [3.8, 4) is 0 Å². The molecule has 1 unspecified atom stereocenters. The number of hydrogen-bond acceptors (Lipinski definition) is 6. The fourth-order valence-electron chi connectivity index (χ4n) is 4.48. The van der Waals surface area contributed by atoms with Gasteiger partial charge in [0.25, 0.3) is 5.56 Å². The molecule has 1 atom stereocenters. The Hall–Kier alpha value is -3.36. The van der Waals surface area contributed by atoms with Crippen LogP contribution in [0.15, 0.2) is 53.3 Å². The number of hydrogen-bond donors (Lipinski definition) is 2. The quantitative estimate of drug-likeness (QED) is 0.397. The number of fused-ring (bicyclic) bond motifs is 1. The number of nitrogens with zero attached hydrogens (tertiary/aromatic N) is 5. The molecule has 0 amide bonds. The molecule has 0 aliphatic carbocycles. The van der Waals surface area contributed by atoms with Gasteiger partial charge in [-0.15, -0.1) is 5.10 Å². The molecule has 34 heavy (non-hydrogen) atoms. The van der Waals surface area contributed by atoms with Crippen molar-refractivity contribution in [1.82, 2.24) is 30.1 Å². The summed E-state index contributed by atoms with van der Waals surface area (Å²) in [6, 6.07) is 15.9. The molecule has 2 aromatic heterocycles. The molecule has 4 rings (SSSR count). The maximum absolute atomic E-state index is 13.0. The fourth-order valence-corrected chi connectivity index (χ4v) is 4.48. The van der Waals surface area contributed by atoms with Crippen LogP contribution in [0.3, 0.4) is 0 Å². The van der Waals surface area contributed by atoms with E-state index in [0.717, 1.165) is 27.9 Å². The zero-order valence-electron chi connectivity index (χ0n) is 20.2. The number of aromatic amines is 1. The van der Waals surface area contributed by atoms with Gasteiger partial charge in [-0.1, -0.05) is 44.2 Å². The molecule has 0 fully saturated rings. The summed E-state index contributed by atoms with van der Waals surface area (Å²) in [5.41, 5.74) is 4.78. The number of pyridine rings is 1. The van der Waals surface area contributed by atoms with Gasteiger partial charge in [0, 0.05) is 24.2 Å². The number of aryl methyl sites for hydroxylation is 2. The number of tetrazole rings is 1. The van der Waals surface area contributed by atoms with Crippen molar-refractivity contribution in [3.05, 3.63) is 87.0 Å². The van der Waals surface area contributed by atoms with Crippen molar-refractivity contribution in [3.63, 3.8) is 0 Å². The summed E-state index contributed by atoms with van der Waals surface area (Å²) in [5.74, 6) is 0.868. The number of benzene rings is 2. The molecule has 2 heterocycles. The minimum atomic E-state index is -0.180. The normalized spacial score (nSPS) is 12.7. The van der Waals surface area contributed by atoms with Gasteiger partial charge in [-0.05, 0) is 70.5 Å². The van der Waals surface area contributed by atoms with Crippen LogP contribution < -0.4 is 5.56 Å². The van der Waals surface area contributed by atoms with E-state index in [1.807, 2.05) is 49.4 Å². The van der Waals surface area contributed by atoms with Gasteiger partial charge in [-0.25, -0.2) is 4.68 Å². The van der Waals surface area contributed by atoms with Crippen LogP contribution in [-0.2, 0) is 13.1 Å². The second-order valence-corrected chi connectivity index (χ2v) is 9.21. The highest BCUT2D eigenvalue weighted by Crippen LogP contribution is 2.29. The minimum Gasteiger partial charge on any atom is -0.395 e. The SMILES string of the molecule is Cc1cc2cc(CN(CCO)C(c3nnnn3Cc3ccccc3)C(C)C)c(=O)[nH]c2cc1C. The third-order valence-electron chi connectivity index (χ3n) is 6.32. The largest absolute Gasteiger partial charge is 0.395 e. The number of aromatic nitrogens is 5. The van der Waals surface area contributed by atoms with E-state index in [-0.39, 0.29) is 24.1 Å². The molecule has 8 heteroatoms. The molecule has 0 bridgehead atoms. The fraction of sp³-hybridized carbons (Fsp3) is 0.385. The molecule has 2 N–H and O–H groups in total. The average Bonchev–Trinajstić information content (AvgIpc) is 3.24. The van der Waals surface area contributed by atoms with E-state index in [2.05, 4.69) is 52.2 Å². The van der Waals surface area contributed by atoms with Crippen LogP contribution >= 0.6 is 0 Å².